The summed E-state index contributed by atoms with van der Waals surface area (Å²) in [5.41, 5.74) is 4.80. The number of anilines is 2. The number of benzene rings is 4. The normalized spacial score (nSPS) is 14.7. The molecule has 6 rings (SSSR count). The Morgan fingerprint density at radius 1 is 0.478 bits per heavy atom. The topological polar surface area (TPSA) is 74.8 Å². The van der Waals surface area contributed by atoms with Crippen LogP contribution in [0, 0.1) is 0 Å². The Labute approximate surface area is 279 Å². The van der Waals surface area contributed by atoms with E-state index in [0.717, 1.165) is 22.3 Å². The van der Waals surface area contributed by atoms with Gasteiger partial charge in [0, 0.05) is 10.8 Å². The van der Waals surface area contributed by atoms with Crippen LogP contribution >= 0.6 is 23.2 Å². The molecule has 0 fully saturated rings. The average Bonchev–Trinajstić information content (AvgIpc) is 2.99. The van der Waals surface area contributed by atoms with Gasteiger partial charge in [0.1, 0.15) is 0 Å². The van der Waals surface area contributed by atoms with Crippen molar-refractivity contribution in [3.05, 3.63) is 103 Å². The van der Waals surface area contributed by atoms with Gasteiger partial charge in [0.25, 0.3) is 23.6 Å². The van der Waals surface area contributed by atoms with E-state index in [2.05, 4.69) is 0 Å². The molecule has 4 aromatic carbocycles. The maximum absolute atomic E-state index is 14.5. The van der Waals surface area contributed by atoms with Crippen LogP contribution in [0.3, 0.4) is 0 Å². The highest BCUT2D eigenvalue weighted by Gasteiger charge is 2.45. The van der Waals surface area contributed by atoms with Crippen molar-refractivity contribution < 1.29 is 19.2 Å². The van der Waals surface area contributed by atoms with Crippen molar-refractivity contribution in [2.75, 3.05) is 9.80 Å². The maximum Gasteiger partial charge on any atom is 0.267 e. The third-order valence-corrected chi connectivity index (χ3v) is 9.74. The van der Waals surface area contributed by atoms with Gasteiger partial charge < -0.3 is 0 Å². The summed E-state index contributed by atoms with van der Waals surface area (Å²) in [6.45, 7) is 16.1. The van der Waals surface area contributed by atoms with Crippen LogP contribution in [0.25, 0.3) is 10.8 Å². The number of rotatable bonds is 6. The van der Waals surface area contributed by atoms with Crippen LogP contribution in [0.2, 0.25) is 10.0 Å². The van der Waals surface area contributed by atoms with Crippen LogP contribution < -0.4 is 9.80 Å². The molecule has 0 radical (unpaired) electrons. The molecule has 0 spiro atoms. The van der Waals surface area contributed by atoms with E-state index < -0.39 is 23.6 Å². The van der Waals surface area contributed by atoms with E-state index in [1.54, 1.807) is 0 Å². The van der Waals surface area contributed by atoms with E-state index in [9.17, 15) is 19.2 Å². The lowest BCUT2D eigenvalue weighted by Crippen LogP contribution is -2.45. The van der Waals surface area contributed by atoms with Gasteiger partial charge in [0.05, 0.1) is 43.7 Å². The molecule has 4 amide bonds. The molecular weight excluding hydrogens is 619 g/mol. The van der Waals surface area contributed by atoms with E-state index in [1.807, 2.05) is 91.8 Å². The van der Waals surface area contributed by atoms with Crippen LogP contribution in [-0.2, 0) is 0 Å². The molecule has 2 aliphatic heterocycles. The second-order valence-corrected chi connectivity index (χ2v) is 14.2. The summed E-state index contributed by atoms with van der Waals surface area (Å²) in [7, 11) is 0. The first kappa shape index (κ1) is 32.0. The monoisotopic (exact) mass is 654 g/mol. The molecule has 4 aromatic rings. The van der Waals surface area contributed by atoms with Gasteiger partial charge in [-0.2, -0.15) is 0 Å². The van der Waals surface area contributed by atoms with Crippen molar-refractivity contribution in [1.82, 2.24) is 0 Å². The van der Waals surface area contributed by atoms with Crippen molar-refractivity contribution in [2.45, 2.75) is 79.1 Å². The van der Waals surface area contributed by atoms with Gasteiger partial charge >= 0.3 is 0 Å². The van der Waals surface area contributed by atoms with Gasteiger partial charge in [-0.1, -0.05) is 115 Å². The molecular formula is C38H36Cl2N2O4. The number of carbonyl (C=O) groups excluding carboxylic acids is 4. The molecule has 0 N–H and O–H groups in total. The van der Waals surface area contributed by atoms with E-state index in [1.165, 1.54) is 21.9 Å². The number of carbonyl (C=O) groups is 4. The predicted molar refractivity (Wildman–Crippen MR) is 185 cm³/mol. The molecule has 0 atom stereocenters. The Kier molecular flexibility index (Phi) is 7.89. The first-order chi connectivity index (χ1) is 21.7. The molecule has 0 aliphatic carbocycles. The lowest BCUT2D eigenvalue weighted by molar-refractivity contribution is 0.0872. The van der Waals surface area contributed by atoms with Gasteiger partial charge in [0.2, 0.25) is 0 Å². The Bertz CT molecular complexity index is 1830. The summed E-state index contributed by atoms with van der Waals surface area (Å²) in [6, 6.07) is 14.4. The van der Waals surface area contributed by atoms with Crippen LogP contribution in [0.1, 0.15) is 143 Å². The van der Waals surface area contributed by atoms with E-state index >= 15 is 0 Å². The highest BCUT2D eigenvalue weighted by Crippen LogP contribution is 2.48. The van der Waals surface area contributed by atoms with E-state index in [-0.39, 0.29) is 66.7 Å². The standard InChI is InChI=1S/C38H36Cl2N2O4/c1-17(2)21-11-9-12-22(18(3)4)33(21)41-35(43)25-15-28(40)32-30-26(16-27(39)31(29(25)30)37(41)45)36(44)42(38(32)46)34-23(19(5)6)13-10-14-24(34)20(7)8/h9-20H,1-8H3. The molecule has 0 bridgehead atoms. The fraction of sp³-hybridized carbons (Fsp3) is 0.316. The third kappa shape index (κ3) is 4.52. The zero-order chi connectivity index (χ0) is 33.5. The number of halogens is 2. The fourth-order valence-electron chi connectivity index (χ4n) is 6.92. The lowest BCUT2D eigenvalue weighted by Gasteiger charge is -2.36. The summed E-state index contributed by atoms with van der Waals surface area (Å²) in [4.78, 5) is 60.3. The summed E-state index contributed by atoms with van der Waals surface area (Å²) in [5.74, 6) is -2.33. The summed E-state index contributed by atoms with van der Waals surface area (Å²) < 4.78 is 0. The third-order valence-electron chi connectivity index (χ3n) is 9.14. The Balaban J connectivity index is 1.65. The minimum atomic E-state index is -0.605. The van der Waals surface area contributed by atoms with Crippen molar-refractivity contribution in [3.8, 4) is 0 Å². The van der Waals surface area contributed by atoms with Gasteiger partial charge in [-0.15, -0.1) is 0 Å². The van der Waals surface area contributed by atoms with Crippen LogP contribution in [0.5, 0.6) is 0 Å². The molecule has 0 saturated carbocycles. The average molecular weight is 656 g/mol. The van der Waals surface area contributed by atoms with Crippen molar-refractivity contribution in [1.29, 1.82) is 0 Å². The first-order valence-electron chi connectivity index (χ1n) is 15.7. The van der Waals surface area contributed by atoms with Crippen molar-refractivity contribution >= 4 is 69.0 Å². The van der Waals surface area contributed by atoms with Crippen molar-refractivity contribution in [2.24, 2.45) is 0 Å². The van der Waals surface area contributed by atoms with Crippen LogP contribution in [-0.4, -0.2) is 23.6 Å². The summed E-state index contributed by atoms with van der Waals surface area (Å²) in [6.07, 6.45) is 0. The fourth-order valence-corrected chi connectivity index (χ4v) is 7.49. The largest absolute Gasteiger partial charge is 0.268 e. The van der Waals surface area contributed by atoms with E-state index in [0.29, 0.717) is 11.4 Å². The number of amides is 4. The second kappa shape index (κ2) is 11.4. The molecule has 2 aliphatic rings. The van der Waals surface area contributed by atoms with Crippen LogP contribution in [0.4, 0.5) is 11.4 Å². The molecule has 0 unspecified atom stereocenters. The number of hydrogen-bond donors (Lipinski definition) is 0. The van der Waals surface area contributed by atoms with Gasteiger partial charge in [-0.25, -0.2) is 9.80 Å². The molecule has 6 nitrogen and oxygen atoms in total. The smallest absolute Gasteiger partial charge is 0.267 e. The highest BCUT2D eigenvalue weighted by molar-refractivity contribution is 6.49. The summed E-state index contributed by atoms with van der Waals surface area (Å²) in [5, 5.41) is 0.417. The number of imide groups is 2. The lowest BCUT2D eigenvalue weighted by atomic mass is 9.83. The SMILES string of the molecule is CC(C)c1cccc(C(C)C)c1N1C(=O)c2cc(Cl)c3c4c(cc(Cl)c(c24)C1=O)C(=O)N(c1c(C(C)C)cccc1C(C)C)C3=O. The molecule has 8 heteroatoms. The van der Waals surface area contributed by atoms with Crippen molar-refractivity contribution in [3.63, 3.8) is 0 Å². The molecule has 0 aromatic heterocycles. The Morgan fingerprint density at radius 3 is 1.02 bits per heavy atom. The highest BCUT2D eigenvalue weighted by atomic mass is 35.5. The molecule has 0 saturated heterocycles. The predicted octanol–water partition coefficient (Wildman–Crippen LogP) is 10.2. The first-order valence-corrected chi connectivity index (χ1v) is 16.5. The zero-order valence-electron chi connectivity index (χ0n) is 27.2. The number of nitrogens with zero attached hydrogens (tertiary/aromatic N) is 2. The Hall–Kier alpha value is -4.00. The summed E-state index contributed by atoms with van der Waals surface area (Å²) >= 11 is 13.8. The number of para-hydroxylation sites is 2. The molecule has 236 valence electrons. The Morgan fingerprint density at radius 2 is 0.761 bits per heavy atom. The van der Waals surface area contributed by atoms with Gasteiger partial charge in [-0.05, 0) is 58.1 Å². The molecule has 46 heavy (non-hydrogen) atoms. The van der Waals surface area contributed by atoms with Gasteiger partial charge in [-0.3, -0.25) is 19.2 Å². The van der Waals surface area contributed by atoms with Crippen LogP contribution in [0.15, 0.2) is 48.5 Å². The number of hydrogen-bond acceptors (Lipinski definition) is 4. The quantitative estimate of drug-likeness (QED) is 0.194. The van der Waals surface area contributed by atoms with E-state index in [4.69, 9.17) is 23.2 Å². The maximum atomic E-state index is 14.5. The minimum absolute atomic E-state index is 0.01000. The minimum Gasteiger partial charge on any atom is -0.268 e. The molecule has 2 heterocycles. The van der Waals surface area contributed by atoms with Gasteiger partial charge in [0.15, 0.2) is 0 Å². The second-order valence-electron chi connectivity index (χ2n) is 13.4. The zero-order valence-corrected chi connectivity index (χ0v) is 28.7.